The van der Waals surface area contributed by atoms with Crippen LogP contribution in [0.15, 0.2) is 72.0 Å². The first-order chi connectivity index (χ1) is 15.0. The summed E-state index contributed by atoms with van der Waals surface area (Å²) < 4.78 is 43.6. The highest BCUT2D eigenvalue weighted by molar-refractivity contribution is 7.90. The lowest BCUT2D eigenvalue weighted by Gasteiger charge is -2.13. The van der Waals surface area contributed by atoms with Gasteiger partial charge < -0.3 is 4.90 Å². The van der Waals surface area contributed by atoms with Crippen LogP contribution < -0.4 is 0 Å². The average Bonchev–Trinajstić information content (AvgIpc) is 3.52. The number of benzene rings is 2. The highest BCUT2D eigenvalue weighted by Crippen LogP contribution is 2.33. The number of hydrogen-bond acceptors (Lipinski definition) is 4. The summed E-state index contributed by atoms with van der Waals surface area (Å²) in [5.41, 5.74) is 1.82. The zero-order chi connectivity index (χ0) is 21.4. The van der Waals surface area contributed by atoms with E-state index in [1.807, 2.05) is 10.9 Å². The third-order valence-electron chi connectivity index (χ3n) is 5.82. The topological polar surface area (TPSA) is 60.1 Å². The van der Waals surface area contributed by atoms with E-state index in [1.54, 1.807) is 36.7 Å². The number of rotatable bonds is 6. The molecule has 0 bridgehead atoms. The summed E-state index contributed by atoms with van der Waals surface area (Å²) in [7, 11) is -3.87. The Hall–Kier alpha value is -2.97. The second kappa shape index (κ2) is 7.94. The lowest BCUT2D eigenvalue weighted by atomic mass is 10.1. The van der Waals surface area contributed by atoms with E-state index in [1.165, 1.54) is 37.1 Å². The predicted molar refractivity (Wildman–Crippen MR) is 118 cm³/mol. The molecule has 1 aliphatic heterocycles. The molecule has 4 aromatic rings. The first kappa shape index (κ1) is 20.0. The largest absolute Gasteiger partial charge is 0.301 e. The van der Waals surface area contributed by atoms with Crippen LogP contribution in [0.25, 0.3) is 22.0 Å². The van der Waals surface area contributed by atoms with Crippen LogP contribution in [0, 0.1) is 5.82 Å². The number of aromatic nitrogens is 3. The lowest BCUT2D eigenvalue weighted by Crippen LogP contribution is -2.24. The number of hydrogen-bond donors (Lipinski definition) is 0. The summed E-state index contributed by atoms with van der Waals surface area (Å²) in [6.45, 7) is 3.97. The van der Waals surface area contributed by atoms with Crippen molar-refractivity contribution in [2.75, 3.05) is 19.6 Å². The second-order valence-corrected chi connectivity index (χ2v) is 9.67. The molecule has 5 rings (SSSR count). The third-order valence-corrected chi connectivity index (χ3v) is 7.51. The van der Waals surface area contributed by atoms with E-state index in [9.17, 15) is 12.8 Å². The van der Waals surface area contributed by atoms with Crippen LogP contribution in [0.1, 0.15) is 12.8 Å². The number of halogens is 1. The Kier molecular flexibility index (Phi) is 5.11. The van der Waals surface area contributed by atoms with Crippen LogP contribution in [0.2, 0.25) is 0 Å². The highest BCUT2D eigenvalue weighted by Gasteiger charge is 2.22. The molecule has 0 amide bonds. The third kappa shape index (κ3) is 3.77. The van der Waals surface area contributed by atoms with Gasteiger partial charge in [-0.1, -0.05) is 18.2 Å². The van der Waals surface area contributed by atoms with Crippen LogP contribution in [-0.4, -0.2) is 46.7 Å². The molecular weight excluding hydrogens is 415 g/mol. The van der Waals surface area contributed by atoms with Gasteiger partial charge in [0.05, 0.1) is 23.2 Å². The highest BCUT2D eigenvalue weighted by atomic mass is 32.2. The van der Waals surface area contributed by atoms with Gasteiger partial charge in [0.1, 0.15) is 5.82 Å². The SMILES string of the molecule is O=S(=O)(c1ccccc1)n1cc(-c2cnn(CCN3CCCC3)c2)c2ccc(F)cc21. The van der Waals surface area contributed by atoms with Gasteiger partial charge in [-0.05, 0) is 56.3 Å². The Bertz CT molecular complexity index is 1320. The molecule has 0 unspecified atom stereocenters. The Balaban J connectivity index is 1.55. The van der Waals surface area contributed by atoms with E-state index < -0.39 is 15.8 Å². The zero-order valence-electron chi connectivity index (χ0n) is 17.0. The summed E-state index contributed by atoms with van der Waals surface area (Å²) in [6, 6.07) is 12.4. The molecule has 0 spiro atoms. The minimum Gasteiger partial charge on any atom is -0.301 e. The minimum absolute atomic E-state index is 0.156. The van der Waals surface area contributed by atoms with E-state index in [4.69, 9.17) is 0 Å². The standard InChI is InChI=1S/C23H23FN4O2S/c24-19-8-9-21-22(18-15-25-27(16-18)13-12-26-10-4-5-11-26)17-28(23(21)14-19)31(29,30)20-6-2-1-3-7-20/h1-3,6-9,14-17H,4-5,10-13H2. The van der Waals surface area contributed by atoms with Crippen molar-refractivity contribution in [3.8, 4) is 11.1 Å². The summed E-state index contributed by atoms with van der Waals surface area (Å²) in [5, 5.41) is 5.13. The van der Waals surface area contributed by atoms with Gasteiger partial charge in [-0.15, -0.1) is 0 Å². The molecule has 0 saturated carbocycles. The van der Waals surface area contributed by atoms with Gasteiger partial charge in [0.25, 0.3) is 10.0 Å². The maximum absolute atomic E-state index is 14.0. The molecule has 0 N–H and O–H groups in total. The molecule has 0 aliphatic carbocycles. The molecule has 1 saturated heterocycles. The van der Waals surface area contributed by atoms with Crippen LogP contribution in [0.4, 0.5) is 4.39 Å². The first-order valence-electron chi connectivity index (χ1n) is 10.4. The zero-order valence-corrected chi connectivity index (χ0v) is 17.8. The van der Waals surface area contributed by atoms with Crippen LogP contribution in [-0.2, 0) is 16.6 Å². The Labute approximate surface area is 180 Å². The Morgan fingerprint density at radius 3 is 2.52 bits per heavy atom. The molecule has 1 fully saturated rings. The normalized spacial score (nSPS) is 15.1. The molecule has 2 aromatic carbocycles. The summed E-state index contributed by atoms with van der Waals surface area (Å²) in [6.07, 6.45) is 7.72. The fraction of sp³-hybridized carbons (Fsp3) is 0.261. The summed E-state index contributed by atoms with van der Waals surface area (Å²) in [5.74, 6) is -0.483. The van der Waals surface area contributed by atoms with Crippen molar-refractivity contribution in [3.05, 3.63) is 72.9 Å². The molecule has 3 heterocycles. The minimum atomic E-state index is -3.87. The van der Waals surface area contributed by atoms with Gasteiger partial charge in [-0.3, -0.25) is 4.68 Å². The molecular formula is C23H23FN4O2S. The van der Waals surface area contributed by atoms with Crippen LogP contribution >= 0.6 is 0 Å². The molecule has 0 atom stereocenters. The van der Waals surface area contributed by atoms with Crippen molar-refractivity contribution in [1.29, 1.82) is 0 Å². The number of fused-ring (bicyclic) bond motifs is 1. The Morgan fingerprint density at radius 1 is 0.968 bits per heavy atom. The maximum atomic E-state index is 14.0. The average molecular weight is 439 g/mol. The van der Waals surface area contributed by atoms with E-state index in [0.29, 0.717) is 16.5 Å². The first-order valence-corrected chi connectivity index (χ1v) is 11.8. The monoisotopic (exact) mass is 438 g/mol. The van der Waals surface area contributed by atoms with Gasteiger partial charge in [0.15, 0.2) is 0 Å². The molecule has 8 heteroatoms. The van der Waals surface area contributed by atoms with E-state index in [2.05, 4.69) is 10.00 Å². The van der Waals surface area contributed by atoms with Crippen molar-refractivity contribution in [2.45, 2.75) is 24.3 Å². The molecule has 160 valence electrons. The lowest BCUT2D eigenvalue weighted by molar-refractivity contribution is 0.316. The quantitative estimate of drug-likeness (QED) is 0.457. The molecule has 0 radical (unpaired) electrons. The van der Waals surface area contributed by atoms with Gasteiger partial charge in [0, 0.05) is 35.5 Å². The smallest absolute Gasteiger partial charge is 0.268 e. The van der Waals surface area contributed by atoms with E-state index >= 15 is 0 Å². The van der Waals surface area contributed by atoms with Gasteiger partial charge in [-0.25, -0.2) is 16.8 Å². The van der Waals surface area contributed by atoms with E-state index in [-0.39, 0.29) is 4.90 Å². The number of likely N-dealkylation sites (tertiary alicyclic amines) is 1. The van der Waals surface area contributed by atoms with Gasteiger partial charge in [-0.2, -0.15) is 5.10 Å². The van der Waals surface area contributed by atoms with Crippen molar-refractivity contribution in [3.63, 3.8) is 0 Å². The van der Waals surface area contributed by atoms with Crippen LogP contribution in [0.3, 0.4) is 0 Å². The molecule has 1 aliphatic rings. The van der Waals surface area contributed by atoms with Crippen molar-refractivity contribution < 1.29 is 12.8 Å². The van der Waals surface area contributed by atoms with Crippen molar-refractivity contribution in [2.24, 2.45) is 0 Å². The fourth-order valence-corrected chi connectivity index (χ4v) is 5.56. The van der Waals surface area contributed by atoms with Crippen LogP contribution in [0.5, 0.6) is 0 Å². The molecule has 2 aromatic heterocycles. The van der Waals surface area contributed by atoms with Gasteiger partial charge >= 0.3 is 0 Å². The number of nitrogens with zero attached hydrogens (tertiary/aromatic N) is 4. The predicted octanol–water partition coefficient (Wildman–Crippen LogP) is 3.98. The summed E-state index contributed by atoms with van der Waals surface area (Å²) in [4.78, 5) is 2.58. The van der Waals surface area contributed by atoms with Gasteiger partial charge in [0.2, 0.25) is 0 Å². The Morgan fingerprint density at radius 2 is 1.74 bits per heavy atom. The van der Waals surface area contributed by atoms with Crippen molar-refractivity contribution in [1.82, 2.24) is 18.7 Å². The maximum Gasteiger partial charge on any atom is 0.268 e. The fourth-order valence-electron chi connectivity index (χ4n) is 4.18. The van der Waals surface area contributed by atoms with Crippen molar-refractivity contribution >= 4 is 20.9 Å². The molecule has 31 heavy (non-hydrogen) atoms. The molecule has 6 nitrogen and oxygen atoms in total. The summed E-state index contributed by atoms with van der Waals surface area (Å²) >= 11 is 0. The van der Waals surface area contributed by atoms with E-state index in [0.717, 1.165) is 35.7 Å². The second-order valence-electron chi connectivity index (χ2n) is 7.86.